The molecule has 0 bridgehead atoms. The SMILES string of the molecule is O=C(Nc1cccnc1)[C@H]1CN(S(=O)(=O)Cc2ccccc2)c2ccccc2O1. The lowest BCUT2D eigenvalue weighted by atomic mass is 10.2. The molecule has 29 heavy (non-hydrogen) atoms. The third-order valence-electron chi connectivity index (χ3n) is 4.48. The summed E-state index contributed by atoms with van der Waals surface area (Å²) in [5, 5.41) is 2.72. The van der Waals surface area contributed by atoms with Gasteiger partial charge in [0.05, 0.1) is 29.9 Å². The van der Waals surface area contributed by atoms with E-state index in [0.29, 0.717) is 22.7 Å². The van der Waals surface area contributed by atoms with E-state index >= 15 is 0 Å². The highest BCUT2D eigenvalue weighted by Gasteiger charge is 2.36. The predicted octanol–water partition coefficient (Wildman–Crippen LogP) is 2.82. The van der Waals surface area contributed by atoms with E-state index in [1.54, 1.807) is 66.9 Å². The highest BCUT2D eigenvalue weighted by atomic mass is 32.2. The molecule has 1 N–H and O–H groups in total. The Balaban J connectivity index is 1.62. The van der Waals surface area contributed by atoms with Crippen molar-refractivity contribution in [2.75, 3.05) is 16.2 Å². The van der Waals surface area contributed by atoms with Gasteiger partial charge >= 0.3 is 0 Å². The molecule has 148 valence electrons. The summed E-state index contributed by atoms with van der Waals surface area (Å²) >= 11 is 0. The molecule has 0 fully saturated rings. The molecule has 2 heterocycles. The maximum Gasteiger partial charge on any atom is 0.267 e. The minimum Gasteiger partial charge on any atom is -0.476 e. The smallest absolute Gasteiger partial charge is 0.267 e. The van der Waals surface area contributed by atoms with Gasteiger partial charge in [-0.3, -0.25) is 14.1 Å². The molecular weight excluding hydrogens is 390 g/mol. The number of ether oxygens (including phenoxy) is 1. The Labute approximate surface area is 169 Å². The molecule has 4 rings (SSSR count). The lowest BCUT2D eigenvalue weighted by Gasteiger charge is -2.34. The molecule has 8 heteroatoms. The number of carbonyl (C=O) groups excluding carboxylic acids is 1. The van der Waals surface area contributed by atoms with E-state index in [4.69, 9.17) is 4.74 Å². The standard InChI is InChI=1S/C21H19N3O4S/c25-21(23-17-9-6-12-22-13-17)20-14-24(18-10-4-5-11-19(18)28-20)29(26,27)15-16-7-2-1-3-8-16/h1-13,20H,14-15H2,(H,23,25)/t20-/m1/s1. The van der Waals surface area contributed by atoms with Gasteiger partial charge in [-0.05, 0) is 29.8 Å². The van der Waals surface area contributed by atoms with Gasteiger partial charge in [-0.2, -0.15) is 0 Å². The summed E-state index contributed by atoms with van der Waals surface area (Å²) in [5.74, 6) is -0.256. The molecule has 1 aliphatic rings. The van der Waals surface area contributed by atoms with Crippen molar-refractivity contribution in [3.05, 3.63) is 84.7 Å². The summed E-state index contributed by atoms with van der Waals surface area (Å²) in [6.45, 7) is -0.113. The van der Waals surface area contributed by atoms with Crippen molar-refractivity contribution < 1.29 is 17.9 Å². The number of nitrogens with one attached hydrogen (secondary N) is 1. The first kappa shape index (κ1) is 18.9. The number of amides is 1. The first-order valence-corrected chi connectivity index (χ1v) is 10.6. The number of rotatable bonds is 5. The molecule has 1 atom stereocenters. The van der Waals surface area contributed by atoms with E-state index in [2.05, 4.69) is 10.3 Å². The van der Waals surface area contributed by atoms with Crippen LogP contribution in [0.3, 0.4) is 0 Å². The Hall–Kier alpha value is -3.39. The van der Waals surface area contributed by atoms with Gasteiger partial charge < -0.3 is 10.1 Å². The number of fused-ring (bicyclic) bond motifs is 1. The first-order chi connectivity index (χ1) is 14.0. The normalized spacial score (nSPS) is 15.9. The monoisotopic (exact) mass is 409 g/mol. The van der Waals surface area contributed by atoms with E-state index in [0.717, 1.165) is 0 Å². The fraction of sp³-hybridized carbons (Fsp3) is 0.143. The molecule has 2 aromatic carbocycles. The quantitative estimate of drug-likeness (QED) is 0.700. The van der Waals surface area contributed by atoms with Crippen LogP contribution in [-0.4, -0.2) is 32.0 Å². The van der Waals surface area contributed by atoms with Gasteiger partial charge in [0.15, 0.2) is 6.10 Å². The van der Waals surface area contributed by atoms with Crippen LogP contribution in [0.5, 0.6) is 5.75 Å². The van der Waals surface area contributed by atoms with Crippen molar-refractivity contribution in [3.63, 3.8) is 0 Å². The number of carbonyl (C=O) groups is 1. The largest absolute Gasteiger partial charge is 0.476 e. The topological polar surface area (TPSA) is 88.6 Å². The first-order valence-electron chi connectivity index (χ1n) is 9.04. The van der Waals surface area contributed by atoms with Gasteiger partial charge in [0.2, 0.25) is 10.0 Å². The van der Waals surface area contributed by atoms with Crippen molar-refractivity contribution in [1.82, 2.24) is 4.98 Å². The molecule has 0 saturated carbocycles. The van der Waals surface area contributed by atoms with Crippen LogP contribution in [0.15, 0.2) is 79.1 Å². The Kier molecular flexibility index (Phi) is 5.18. The van der Waals surface area contributed by atoms with Gasteiger partial charge in [-0.1, -0.05) is 42.5 Å². The fourth-order valence-electron chi connectivity index (χ4n) is 3.12. The second-order valence-electron chi connectivity index (χ2n) is 6.58. The molecule has 1 aromatic heterocycles. The van der Waals surface area contributed by atoms with Crippen LogP contribution >= 0.6 is 0 Å². The van der Waals surface area contributed by atoms with Gasteiger partial charge in [0.25, 0.3) is 5.91 Å². The summed E-state index contributed by atoms with van der Waals surface area (Å²) in [4.78, 5) is 16.7. The van der Waals surface area contributed by atoms with Crippen LogP contribution < -0.4 is 14.4 Å². The summed E-state index contributed by atoms with van der Waals surface area (Å²) in [6, 6.07) is 19.1. The predicted molar refractivity (Wildman–Crippen MR) is 110 cm³/mol. The van der Waals surface area contributed by atoms with Crippen LogP contribution in [0.25, 0.3) is 0 Å². The van der Waals surface area contributed by atoms with Gasteiger partial charge in [-0.15, -0.1) is 0 Å². The number of pyridine rings is 1. The molecule has 0 radical (unpaired) electrons. The Morgan fingerprint density at radius 3 is 2.59 bits per heavy atom. The molecule has 7 nitrogen and oxygen atoms in total. The number of aromatic nitrogens is 1. The Morgan fingerprint density at radius 1 is 1.07 bits per heavy atom. The highest BCUT2D eigenvalue weighted by Crippen LogP contribution is 2.36. The molecule has 0 spiro atoms. The molecular formula is C21H19N3O4S. The number of sulfonamides is 1. The van der Waals surface area contributed by atoms with E-state index in [-0.39, 0.29) is 12.3 Å². The van der Waals surface area contributed by atoms with Gasteiger partial charge in [-0.25, -0.2) is 8.42 Å². The summed E-state index contributed by atoms with van der Waals surface area (Å²) in [6.07, 6.45) is 2.12. The highest BCUT2D eigenvalue weighted by molar-refractivity contribution is 7.92. The molecule has 0 aliphatic carbocycles. The van der Waals surface area contributed by atoms with Gasteiger partial charge in [0, 0.05) is 6.20 Å². The van der Waals surface area contributed by atoms with E-state index in [1.165, 1.54) is 10.5 Å². The lowest BCUT2D eigenvalue weighted by Crippen LogP contribution is -2.49. The molecule has 0 saturated heterocycles. The van der Waals surface area contributed by atoms with Crippen molar-refractivity contribution in [3.8, 4) is 5.75 Å². The van der Waals surface area contributed by atoms with Crippen LogP contribution in [0.2, 0.25) is 0 Å². The minimum atomic E-state index is -3.73. The maximum absolute atomic E-state index is 13.2. The van der Waals surface area contributed by atoms with Crippen LogP contribution in [0.4, 0.5) is 11.4 Å². The zero-order chi connectivity index (χ0) is 20.3. The average Bonchev–Trinajstić information content (AvgIpc) is 2.74. The number of para-hydroxylation sites is 2. The van der Waals surface area contributed by atoms with E-state index in [9.17, 15) is 13.2 Å². The maximum atomic E-state index is 13.2. The Bertz CT molecular complexity index is 1110. The van der Waals surface area contributed by atoms with Gasteiger partial charge in [0.1, 0.15) is 5.75 Å². The summed E-state index contributed by atoms with van der Waals surface area (Å²) < 4.78 is 33.4. The average molecular weight is 409 g/mol. The van der Waals surface area contributed by atoms with Crippen molar-refractivity contribution in [2.45, 2.75) is 11.9 Å². The zero-order valence-electron chi connectivity index (χ0n) is 15.4. The number of benzene rings is 2. The second-order valence-corrected chi connectivity index (χ2v) is 8.47. The summed E-state index contributed by atoms with van der Waals surface area (Å²) in [5.41, 5.74) is 1.61. The zero-order valence-corrected chi connectivity index (χ0v) is 16.2. The van der Waals surface area contributed by atoms with E-state index in [1.807, 2.05) is 6.07 Å². The van der Waals surface area contributed by atoms with E-state index < -0.39 is 22.0 Å². The minimum absolute atomic E-state index is 0.113. The molecule has 1 amide bonds. The summed E-state index contributed by atoms with van der Waals surface area (Å²) in [7, 11) is -3.73. The Morgan fingerprint density at radius 2 is 1.83 bits per heavy atom. The fourth-order valence-corrected chi connectivity index (χ4v) is 4.71. The molecule has 1 aliphatic heterocycles. The number of nitrogens with zero attached hydrogens (tertiary/aromatic N) is 2. The number of anilines is 2. The van der Waals surface area contributed by atoms with Crippen LogP contribution in [0, 0.1) is 0 Å². The second kappa shape index (κ2) is 7.92. The number of hydrogen-bond acceptors (Lipinski definition) is 5. The van der Waals surface area contributed by atoms with Crippen molar-refractivity contribution >= 4 is 27.3 Å². The lowest BCUT2D eigenvalue weighted by molar-refractivity contribution is -0.122. The van der Waals surface area contributed by atoms with Crippen LogP contribution in [0.1, 0.15) is 5.56 Å². The molecule has 3 aromatic rings. The molecule has 0 unspecified atom stereocenters. The third-order valence-corrected chi connectivity index (χ3v) is 6.20. The third kappa shape index (κ3) is 4.22. The van der Waals surface area contributed by atoms with Crippen molar-refractivity contribution in [1.29, 1.82) is 0 Å². The van der Waals surface area contributed by atoms with Crippen molar-refractivity contribution in [2.24, 2.45) is 0 Å². The number of hydrogen-bond donors (Lipinski definition) is 1. The van der Waals surface area contributed by atoms with Crippen LogP contribution in [-0.2, 0) is 20.6 Å².